The zero-order chi connectivity index (χ0) is 8.97. The summed E-state index contributed by atoms with van der Waals surface area (Å²) >= 11 is 0. The van der Waals surface area contributed by atoms with Gasteiger partial charge in [0.15, 0.2) is 0 Å². The molecule has 0 aliphatic carbocycles. The largest absolute Gasteiger partial charge is 0.275 e. The van der Waals surface area contributed by atoms with Crippen LogP contribution in [0, 0.1) is 0 Å². The van der Waals surface area contributed by atoms with Gasteiger partial charge in [0.2, 0.25) is 0 Å². The average Bonchev–Trinajstić information content (AvgIpc) is 2.47. The molecule has 1 rings (SSSR count). The molecule has 3 N–H and O–H groups in total. The predicted octanol–water partition coefficient (Wildman–Crippen LogP) is 0.501. The van der Waals surface area contributed by atoms with Crippen LogP contribution in [-0.4, -0.2) is 9.78 Å². The monoisotopic (exact) mass is 166 g/mol. The van der Waals surface area contributed by atoms with Crippen LogP contribution in [0.15, 0.2) is 24.9 Å². The normalized spacial score (nSPS) is 12.8. The van der Waals surface area contributed by atoms with Crippen molar-refractivity contribution < 1.29 is 0 Å². The maximum absolute atomic E-state index is 5.35. The van der Waals surface area contributed by atoms with E-state index in [9.17, 15) is 0 Å². The second kappa shape index (κ2) is 4.04. The van der Waals surface area contributed by atoms with Crippen molar-refractivity contribution in [2.24, 2.45) is 12.9 Å². The summed E-state index contributed by atoms with van der Waals surface area (Å²) < 4.78 is 1.75. The van der Waals surface area contributed by atoms with Crippen LogP contribution in [0.5, 0.6) is 0 Å². The lowest BCUT2D eigenvalue weighted by atomic mass is 10.1. The molecule has 0 amide bonds. The quantitative estimate of drug-likeness (QED) is 0.389. The van der Waals surface area contributed by atoms with Crippen molar-refractivity contribution in [2.75, 3.05) is 0 Å². The molecular formula is C8H14N4. The highest BCUT2D eigenvalue weighted by Gasteiger charge is 2.09. The van der Waals surface area contributed by atoms with Crippen molar-refractivity contribution >= 4 is 0 Å². The molecule has 0 bridgehead atoms. The van der Waals surface area contributed by atoms with E-state index in [1.54, 1.807) is 4.68 Å². The first-order chi connectivity index (χ1) is 5.77. The molecule has 0 saturated heterocycles. The molecule has 1 aromatic heterocycles. The molecule has 4 heteroatoms. The number of aromatic nitrogens is 2. The molecular weight excluding hydrogens is 152 g/mol. The van der Waals surface area contributed by atoms with Crippen LogP contribution in [0.4, 0.5) is 0 Å². The Morgan fingerprint density at radius 2 is 2.67 bits per heavy atom. The van der Waals surface area contributed by atoms with Gasteiger partial charge in [-0.2, -0.15) is 5.10 Å². The molecule has 1 heterocycles. The van der Waals surface area contributed by atoms with Crippen LogP contribution in [0.2, 0.25) is 0 Å². The molecule has 1 atom stereocenters. The number of hydrogen-bond acceptors (Lipinski definition) is 3. The van der Waals surface area contributed by atoms with Gasteiger partial charge in [-0.15, -0.1) is 6.58 Å². The van der Waals surface area contributed by atoms with Crippen LogP contribution in [0.25, 0.3) is 0 Å². The van der Waals surface area contributed by atoms with Crippen molar-refractivity contribution in [1.29, 1.82) is 0 Å². The fourth-order valence-electron chi connectivity index (χ4n) is 1.06. The van der Waals surface area contributed by atoms with Crippen molar-refractivity contribution in [3.63, 3.8) is 0 Å². The van der Waals surface area contributed by atoms with Gasteiger partial charge in [-0.3, -0.25) is 16.0 Å². The van der Waals surface area contributed by atoms with Gasteiger partial charge in [0.25, 0.3) is 0 Å². The molecule has 66 valence electrons. The Labute approximate surface area is 72.0 Å². The molecule has 0 aromatic carbocycles. The highest BCUT2D eigenvalue weighted by atomic mass is 15.3. The second-order valence-corrected chi connectivity index (χ2v) is 2.66. The van der Waals surface area contributed by atoms with E-state index in [-0.39, 0.29) is 6.04 Å². The first-order valence-electron chi connectivity index (χ1n) is 3.84. The number of rotatable bonds is 4. The third kappa shape index (κ3) is 1.93. The summed E-state index contributed by atoms with van der Waals surface area (Å²) in [4.78, 5) is 0. The minimum atomic E-state index is 0.0729. The van der Waals surface area contributed by atoms with Crippen LogP contribution < -0.4 is 11.3 Å². The molecule has 0 radical (unpaired) electrons. The van der Waals surface area contributed by atoms with Crippen LogP contribution in [0.3, 0.4) is 0 Å². The van der Waals surface area contributed by atoms with Gasteiger partial charge in [0.1, 0.15) is 0 Å². The topological polar surface area (TPSA) is 55.9 Å². The standard InChI is InChI=1S/C8H14N4/c1-3-4-7(10-9)8-5-6-12(2)11-8/h3,5-7,10H,1,4,9H2,2H3. The number of nitrogens with two attached hydrogens (primary N) is 1. The molecule has 0 fully saturated rings. The Hall–Kier alpha value is -1.13. The Kier molecular flexibility index (Phi) is 3.01. The van der Waals surface area contributed by atoms with E-state index >= 15 is 0 Å². The highest BCUT2D eigenvalue weighted by Crippen LogP contribution is 2.12. The predicted molar refractivity (Wildman–Crippen MR) is 48.1 cm³/mol. The Balaban J connectivity index is 2.72. The third-order valence-electron chi connectivity index (χ3n) is 1.69. The molecule has 0 aliphatic rings. The Bertz CT molecular complexity index is 253. The third-order valence-corrected chi connectivity index (χ3v) is 1.69. The zero-order valence-electron chi connectivity index (χ0n) is 7.20. The van der Waals surface area contributed by atoms with E-state index in [1.165, 1.54) is 0 Å². The molecule has 0 aliphatic heterocycles. The summed E-state index contributed by atoms with van der Waals surface area (Å²) in [7, 11) is 1.88. The van der Waals surface area contributed by atoms with Crippen molar-refractivity contribution in [3.8, 4) is 0 Å². The molecule has 0 saturated carbocycles. The molecule has 1 unspecified atom stereocenters. The minimum Gasteiger partial charge on any atom is -0.275 e. The first-order valence-corrected chi connectivity index (χ1v) is 3.84. The first kappa shape index (κ1) is 8.96. The average molecular weight is 166 g/mol. The number of nitrogens with zero attached hydrogens (tertiary/aromatic N) is 2. The highest BCUT2D eigenvalue weighted by molar-refractivity contribution is 5.06. The van der Waals surface area contributed by atoms with E-state index < -0.39 is 0 Å². The van der Waals surface area contributed by atoms with Gasteiger partial charge in [-0.05, 0) is 12.5 Å². The SMILES string of the molecule is C=CCC(NN)c1ccn(C)n1. The smallest absolute Gasteiger partial charge is 0.0810 e. The van der Waals surface area contributed by atoms with Gasteiger partial charge in [-0.25, -0.2) is 0 Å². The minimum absolute atomic E-state index is 0.0729. The lowest BCUT2D eigenvalue weighted by Gasteiger charge is -2.09. The van der Waals surface area contributed by atoms with Crippen molar-refractivity contribution in [2.45, 2.75) is 12.5 Å². The molecule has 12 heavy (non-hydrogen) atoms. The van der Waals surface area contributed by atoms with Crippen LogP contribution in [0.1, 0.15) is 18.2 Å². The number of nitrogens with one attached hydrogen (secondary N) is 1. The number of hydrogen-bond donors (Lipinski definition) is 2. The maximum atomic E-state index is 5.35. The van der Waals surface area contributed by atoms with Gasteiger partial charge in [-0.1, -0.05) is 6.08 Å². The lowest BCUT2D eigenvalue weighted by molar-refractivity contribution is 0.537. The molecule has 1 aromatic rings. The van der Waals surface area contributed by atoms with Gasteiger partial charge >= 0.3 is 0 Å². The number of aryl methyl sites for hydroxylation is 1. The van der Waals surface area contributed by atoms with Gasteiger partial charge < -0.3 is 0 Å². The lowest BCUT2D eigenvalue weighted by Crippen LogP contribution is -2.28. The summed E-state index contributed by atoms with van der Waals surface area (Å²) in [5, 5.41) is 4.23. The second-order valence-electron chi connectivity index (χ2n) is 2.66. The van der Waals surface area contributed by atoms with E-state index in [0.29, 0.717) is 0 Å². The molecule has 0 spiro atoms. The summed E-state index contributed by atoms with van der Waals surface area (Å²) in [6, 6.07) is 2.01. The maximum Gasteiger partial charge on any atom is 0.0810 e. The van der Waals surface area contributed by atoms with Gasteiger partial charge in [0, 0.05) is 13.2 Å². The van der Waals surface area contributed by atoms with E-state index in [1.807, 2.05) is 25.4 Å². The summed E-state index contributed by atoms with van der Waals surface area (Å²) in [6.45, 7) is 3.65. The van der Waals surface area contributed by atoms with Crippen LogP contribution >= 0.6 is 0 Å². The fourth-order valence-corrected chi connectivity index (χ4v) is 1.06. The van der Waals surface area contributed by atoms with E-state index in [4.69, 9.17) is 5.84 Å². The van der Waals surface area contributed by atoms with Gasteiger partial charge in [0.05, 0.1) is 11.7 Å². The summed E-state index contributed by atoms with van der Waals surface area (Å²) in [5.41, 5.74) is 3.63. The van der Waals surface area contributed by atoms with Crippen molar-refractivity contribution in [1.82, 2.24) is 15.2 Å². The zero-order valence-corrected chi connectivity index (χ0v) is 7.20. The Morgan fingerprint density at radius 3 is 3.08 bits per heavy atom. The number of hydrazine groups is 1. The van der Waals surface area contributed by atoms with E-state index in [2.05, 4.69) is 17.1 Å². The fraction of sp³-hybridized carbons (Fsp3) is 0.375. The van der Waals surface area contributed by atoms with Crippen molar-refractivity contribution in [3.05, 3.63) is 30.6 Å². The molecule has 4 nitrogen and oxygen atoms in total. The Morgan fingerprint density at radius 1 is 1.92 bits per heavy atom. The van der Waals surface area contributed by atoms with E-state index in [0.717, 1.165) is 12.1 Å². The van der Waals surface area contributed by atoms with Crippen LogP contribution in [-0.2, 0) is 7.05 Å². The summed E-state index contributed by atoms with van der Waals surface area (Å²) in [5.74, 6) is 5.35. The summed E-state index contributed by atoms with van der Waals surface area (Å²) in [6.07, 6.45) is 4.50.